The van der Waals surface area contributed by atoms with E-state index < -0.39 is 0 Å². The van der Waals surface area contributed by atoms with Crippen LogP contribution in [0, 0.1) is 6.92 Å². The van der Waals surface area contributed by atoms with Crippen LogP contribution in [0.3, 0.4) is 0 Å². The second-order valence-electron chi connectivity index (χ2n) is 5.10. The summed E-state index contributed by atoms with van der Waals surface area (Å²) in [5.41, 5.74) is 2.78. The summed E-state index contributed by atoms with van der Waals surface area (Å²) in [6.07, 6.45) is 0. The highest BCUT2D eigenvalue weighted by Gasteiger charge is 2.16. The summed E-state index contributed by atoms with van der Waals surface area (Å²) in [7, 11) is 1.77. The van der Waals surface area contributed by atoms with Gasteiger partial charge in [-0.05, 0) is 12.5 Å². The molecule has 0 spiro atoms. The Morgan fingerprint density at radius 2 is 1.83 bits per heavy atom. The molecule has 1 saturated heterocycles. The van der Waals surface area contributed by atoms with E-state index in [0.717, 1.165) is 45.9 Å². The average Bonchev–Trinajstić information content (AvgIpc) is 2.38. The van der Waals surface area contributed by atoms with E-state index in [1.807, 2.05) is 0 Å². The standard InChI is InChI=1S/C15H24N2O/c1-14-4-3-5-15(12-14)13-17-8-6-16(7-9-17)10-11-18-2/h3-5,12H,6-11,13H2,1-2H3. The first kappa shape index (κ1) is 13.5. The molecule has 0 atom stereocenters. The van der Waals surface area contributed by atoms with Crippen molar-refractivity contribution in [2.24, 2.45) is 0 Å². The minimum absolute atomic E-state index is 0.845. The molecule has 1 aromatic rings. The quantitative estimate of drug-likeness (QED) is 0.789. The van der Waals surface area contributed by atoms with E-state index in [1.165, 1.54) is 11.1 Å². The highest BCUT2D eigenvalue weighted by molar-refractivity contribution is 5.22. The maximum Gasteiger partial charge on any atom is 0.0589 e. The third-order valence-corrected chi connectivity index (χ3v) is 3.57. The lowest BCUT2D eigenvalue weighted by molar-refractivity contribution is 0.0938. The molecule has 3 heteroatoms. The summed E-state index contributed by atoms with van der Waals surface area (Å²) in [6, 6.07) is 8.83. The van der Waals surface area contributed by atoms with E-state index in [9.17, 15) is 0 Å². The molecule has 1 aliphatic rings. The summed E-state index contributed by atoms with van der Waals surface area (Å²) in [4.78, 5) is 5.02. The van der Waals surface area contributed by atoms with E-state index in [0.29, 0.717) is 0 Å². The van der Waals surface area contributed by atoms with E-state index in [1.54, 1.807) is 7.11 Å². The van der Waals surface area contributed by atoms with Gasteiger partial charge >= 0.3 is 0 Å². The fourth-order valence-electron chi connectivity index (χ4n) is 2.46. The fraction of sp³-hybridized carbons (Fsp3) is 0.600. The molecule has 0 saturated carbocycles. The molecule has 2 rings (SSSR count). The average molecular weight is 248 g/mol. The second kappa shape index (κ2) is 6.88. The molecular formula is C15H24N2O. The Labute approximate surface area is 110 Å². The lowest BCUT2D eigenvalue weighted by Crippen LogP contribution is -2.46. The molecule has 3 nitrogen and oxygen atoms in total. The fourth-order valence-corrected chi connectivity index (χ4v) is 2.46. The number of benzene rings is 1. The van der Waals surface area contributed by atoms with E-state index in [2.05, 4.69) is 41.0 Å². The molecule has 1 aromatic carbocycles. The summed E-state index contributed by atoms with van der Waals surface area (Å²) >= 11 is 0. The largest absolute Gasteiger partial charge is 0.383 e. The number of rotatable bonds is 5. The van der Waals surface area contributed by atoms with Crippen LogP contribution in [0.25, 0.3) is 0 Å². The summed E-state index contributed by atoms with van der Waals surface area (Å²) in [6.45, 7) is 9.80. The molecule has 0 radical (unpaired) electrons. The monoisotopic (exact) mass is 248 g/mol. The smallest absolute Gasteiger partial charge is 0.0589 e. The van der Waals surface area contributed by atoms with Crippen LogP contribution in [0.1, 0.15) is 11.1 Å². The van der Waals surface area contributed by atoms with E-state index in [-0.39, 0.29) is 0 Å². The third-order valence-electron chi connectivity index (χ3n) is 3.57. The van der Waals surface area contributed by atoms with Gasteiger partial charge in [0.1, 0.15) is 0 Å². The van der Waals surface area contributed by atoms with Crippen LogP contribution in [-0.4, -0.2) is 56.2 Å². The van der Waals surface area contributed by atoms with Gasteiger partial charge in [0.2, 0.25) is 0 Å². The normalized spacial score (nSPS) is 18.1. The molecular weight excluding hydrogens is 224 g/mol. The van der Waals surface area contributed by atoms with Crippen molar-refractivity contribution in [2.45, 2.75) is 13.5 Å². The minimum Gasteiger partial charge on any atom is -0.383 e. The maximum atomic E-state index is 5.12. The molecule has 18 heavy (non-hydrogen) atoms. The predicted octanol–water partition coefficient (Wildman–Crippen LogP) is 1.76. The van der Waals surface area contributed by atoms with Gasteiger partial charge in [0.15, 0.2) is 0 Å². The summed E-state index contributed by atoms with van der Waals surface area (Å²) < 4.78 is 5.12. The lowest BCUT2D eigenvalue weighted by Gasteiger charge is -2.34. The highest BCUT2D eigenvalue weighted by atomic mass is 16.5. The van der Waals surface area contributed by atoms with Crippen molar-refractivity contribution < 1.29 is 4.74 Å². The van der Waals surface area contributed by atoms with Crippen LogP contribution in [0.2, 0.25) is 0 Å². The molecule has 0 aromatic heterocycles. The van der Waals surface area contributed by atoms with Crippen LogP contribution >= 0.6 is 0 Å². The number of piperazine rings is 1. The van der Waals surface area contributed by atoms with Gasteiger partial charge in [0, 0.05) is 46.4 Å². The van der Waals surface area contributed by atoms with Crippen molar-refractivity contribution >= 4 is 0 Å². The highest BCUT2D eigenvalue weighted by Crippen LogP contribution is 2.10. The molecule has 0 bridgehead atoms. The number of ether oxygens (including phenoxy) is 1. The van der Waals surface area contributed by atoms with Gasteiger partial charge in [-0.3, -0.25) is 9.80 Å². The van der Waals surface area contributed by atoms with Crippen LogP contribution in [-0.2, 0) is 11.3 Å². The Hall–Kier alpha value is -0.900. The summed E-state index contributed by atoms with van der Waals surface area (Å²) in [5.74, 6) is 0. The van der Waals surface area contributed by atoms with Gasteiger partial charge in [0.05, 0.1) is 6.61 Å². The zero-order chi connectivity index (χ0) is 12.8. The molecule has 0 N–H and O–H groups in total. The molecule has 1 heterocycles. The Kier molecular flexibility index (Phi) is 5.17. The second-order valence-corrected chi connectivity index (χ2v) is 5.10. The topological polar surface area (TPSA) is 15.7 Å². The lowest BCUT2D eigenvalue weighted by atomic mass is 10.1. The van der Waals surface area contributed by atoms with Gasteiger partial charge in [0.25, 0.3) is 0 Å². The van der Waals surface area contributed by atoms with Crippen molar-refractivity contribution in [3.8, 4) is 0 Å². The van der Waals surface area contributed by atoms with Crippen molar-refractivity contribution in [2.75, 3.05) is 46.4 Å². The van der Waals surface area contributed by atoms with Crippen LogP contribution in [0.15, 0.2) is 24.3 Å². The minimum atomic E-state index is 0.845. The van der Waals surface area contributed by atoms with Crippen LogP contribution in [0.5, 0.6) is 0 Å². The van der Waals surface area contributed by atoms with Gasteiger partial charge in [-0.2, -0.15) is 0 Å². The van der Waals surface area contributed by atoms with Gasteiger partial charge in [-0.15, -0.1) is 0 Å². The zero-order valence-corrected chi connectivity index (χ0v) is 11.6. The van der Waals surface area contributed by atoms with Gasteiger partial charge in [-0.25, -0.2) is 0 Å². The van der Waals surface area contributed by atoms with Gasteiger partial charge in [-0.1, -0.05) is 29.8 Å². The van der Waals surface area contributed by atoms with Crippen molar-refractivity contribution in [3.63, 3.8) is 0 Å². The molecule has 100 valence electrons. The van der Waals surface area contributed by atoms with Crippen molar-refractivity contribution in [3.05, 3.63) is 35.4 Å². The van der Waals surface area contributed by atoms with Crippen LogP contribution < -0.4 is 0 Å². The molecule has 0 aliphatic carbocycles. The Bertz CT molecular complexity index is 359. The van der Waals surface area contributed by atoms with Crippen molar-refractivity contribution in [1.82, 2.24) is 9.80 Å². The third kappa shape index (κ3) is 4.09. The zero-order valence-electron chi connectivity index (χ0n) is 11.6. The Morgan fingerprint density at radius 3 is 2.50 bits per heavy atom. The molecule has 1 fully saturated rings. The predicted molar refractivity (Wildman–Crippen MR) is 74.8 cm³/mol. The SMILES string of the molecule is COCCN1CCN(Cc2cccc(C)c2)CC1. The van der Waals surface area contributed by atoms with Crippen molar-refractivity contribution in [1.29, 1.82) is 0 Å². The summed E-state index contributed by atoms with van der Waals surface area (Å²) in [5, 5.41) is 0. The number of hydrogen-bond donors (Lipinski definition) is 0. The number of nitrogens with zero attached hydrogens (tertiary/aromatic N) is 2. The van der Waals surface area contributed by atoms with E-state index in [4.69, 9.17) is 4.74 Å². The first-order valence-corrected chi connectivity index (χ1v) is 6.77. The Morgan fingerprint density at radius 1 is 1.11 bits per heavy atom. The molecule has 0 unspecified atom stereocenters. The maximum absolute atomic E-state index is 5.12. The number of aryl methyl sites for hydroxylation is 1. The number of hydrogen-bond acceptors (Lipinski definition) is 3. The molecule has 1 aliphatic heterocycles. The Balaban J connectivity index is 1.76. The molecule has 0 amide bonds. The number of methoxy groups -OCH3 is 1. The van der Waals surface area contributed by atoms with Crippen LogP contribution in [0.4, 0.5) is 0 Å². The van der Waals surface area contributed by atoms with E-state index >= 15 is 0 Å². The first-order valence-electron chi connectivity index (χ1n) is 6.77. The van der Waals surface area contributed by atoms with Gasteiger partial charge < -0.3 is 4.74 Å². The first-order chi connectivity index (χ1) is 8.78.